The van der Waals surface area contributed by atoms with E-state index in [1.165, 1.54) is 25.0 Å². The number of carbonyl (C=O) groups is 1. The number of hydrogen-bond acceptors (Lipinski definition) is 2. The third kappa shape index (κ3) is 5.57. The number of hydrogen-bond donors (Lipinski definition) is 1. The quantitative estimate of drug-likeness (QED) is 0.546. The van der Waals surface area contributed by atoms with Crippen molar-refractivity contribution in [1.29, 1.82) is 0 Å². The first-order valence-electron chi connectivity index (χ1n) is 5.68. The van der Waals surface area contributed by atoms with E-state index in [4.69, 9.17) is 5.11 Å². The van der Waals surface area contributed by atoms with E-state index < -0.39 is 5.97 Å². The van der Waals surface area contributed by atoms with Gasteiger partial charge in [-0.25, -0.2) is 4.79 Å². The molecule has 0 aliphatic heterocycles. The van der Waals surface area contributed by atoms with Crippen LogP contribution in [0.1, 0.15) is 48.5 Å². The molecule has 0 radical (unpaired) electrons. The minimum absolute atomic E-state index is 0. The molecule has 0 aromatic heterocycles. The Bertz CT molecular complexity index is 364. The molecule has 1 N–H and O–H groups in total. The first-order chi connectivity index (χ1) is 7.65. The topological polar surface area (TPSA) is 60.4 Å². The van der Waals surface area contributed by atoms with E-state index in [-0.39, 0.29) is 40.9 Å². The second-order valence-electron chi connectivity index (χ2n) is 3.95. The van der Waals surface area contributed by atoms with E-state index >= 15 is 0 Å². The monoisotopic (exact) mass is 244 g/mol. The summed E-state index contributed by atoms with van der Waals surface area (Å²) in [7, 11) is 0. The van der Waals surface area contributed by atoms with E-state index in [2.05, 4.69) is 6.92 Å². The number of benzene rings is 1. The molecule has 4 heteroatoms. The Morgan fingerprint density at radius 3 is 2.53 bits per heavy atom. The zero-order chi connectivity index (χ0) is 12.0. The number of aromatic carboxylic acids is 1. The van der Waals surface area contributed by atoms with Gasteiger partial charge in [0, 0.05) is 0 Å². The molecule has 17 heavy (non-hydrogen) atoms. The molecule has 0 amide bonds. The summed E-state index contributed by atoms with van der Waals surface area (Å²) in [6.07, 6.45) is 5.46. The van der Waals surface area contributed by atoms with Gasteiger partial charge in [0.25, 0.3) is 0 Å². The van der Waals surface area contributed by atoms with Crippen LogP contribution in [0.4, 0.5) is 0 Å². The Morgan fingerprint density at radius 1 is 1.29 bits per heavy atom. The number of unbranched alkanes of at least 4 members (excludes halogenated alkanes) is 3. The number of aryl methyl sites for hydroxylation is 1. The van der Waals surface area contributed by atoms with Crippen LogP contribution >= 0.6 is 0 Å². The van der Waals surface area contributed by atoms with Crippen molar-refractivity contribution < 1.29 is 44.6 Å². The van der Waals surface area contributed by atoms with E-state index in [0.29, 0.717) is 0 Å². The van der Waals surface area contributed by atoms with Crippen LogP contribution in [0, 0.1) is 0 Å². The van der Waals surface area contributed by atoms with Gasteiger partial charge in [-0.1, -0.05) is 44.1 Å². The smallest absolute Gasteiger partial charge is 0.872 e. The molecule has 0 bridgehead atoms. The molecule has 88 valence electrons. The van der Waals surface area contributed by atoms with Crippen molar-refractivity contribution in [2.24, 2.45) is 0 Å². The van der Waals surface area contributed by atoms with Gasteiger partial charge >= 0.3 is 35.5 Å². The molecule has 0 heterocycles. The van der Waals surface area contributed by atoms with Gasteiger partial charge in [-0.05, 0) is 24.5 Å². The van der Waals surface area contributed by atoms with Gasteiger partial charge in [-0.3, -0.25) is 0 Å². The predicted molar refractivity (Wildman–Crippen MR) is 60.7 cm³/mol. The molecule has 0 spiro atoms. The Hall–Kier alpha value is -0.510. The minimum Gasteiger partial charge on any atom is -0.872 e. The van der Waals surface area contributed by atoms with Gasteiger partial charge in [0.2, 0.25) is 0 Å². The SMILES string of the molecule is CCCCCCc1ccc(C(=O)O)c([O-])c1.[Na+]. The van der Waals surface area contributed by atoms with Crippen LogP contribution in [-0.2, 0) is 6.42 Å². The van der Waals surface area contributed by atoms with Crippen LogP contribution in [0.15, 0.2) is 18.2 Å². The molecule has 3 nitrogen and oxygen atoms in total. The molecule has 1 aromatic carbocycles. The van der Waals surface area contributed by atoms with Crippen LogP contribution in [0.2, 0.25) is 0 Å². The normalized spacial score (nSPS) is 9.71. The minimum atomic E-state index is -1.15. The van der Waals surface area contributed by atoms with Crippen molar-refractivity contribution in [3.05, 3.63) is 29.3 Å². The summed E-state index contributed by atoms with van der Waals surface area (Å²) in [6, 6.07) is 4.58. The standard InChI is InChI=1S/C13H18O3.Na/c1-2-3-4-5-6-10-7-8-11(13(15)16)12(14)9-10;/h7-9,14H,2-6H2,1H3,(H,15,16);/q;+1/p-1. The first-order valence-corrected chi connectivity index (χ1v) is 5.68. The zero-order valence-electron chi connectivity index (χ0n) is 10.5. The van der Waals surface area contributed by atoms with Crippen molar-refractivity contribution in [2.75, 3.05) is 0 Å². The van der Waals surface area contributed by atoms with Crippen LogP contribution in [-0.4, -0.2) is 11.1 Å². The molecule has 0 unspecified atom stereocenters. The molecule has 1 rings (SSSR count). The predicted octanol–water partition coefficient (Wildman–Crippen LogP) is -0.415. The largest absolute Gasteiger partial charge is 1.00 e. The summed E-state index contributed by atoms with van der Waals surface area (Å²) in [6.45, 7) is 2.15. The van der Waals surface area contributed by atoms with Gasteiger partial charge in [0.15, 0.2) is 0 Å². The van der Waals surface area contributed by atoms with Gasteiger partial charge in [-0.15, -0.1) is 0 Å². The third-order valence-corrected chi connectivity index (χ3v) is 2.60. The molecular weight excluding hydrogens is 227 g/mol. The second-order valence-corrected chi connectivity index (χ2v) is 3.95. The van der Waals surface area contributed by atoms with Crippen LogP contribution in [0.3, 0.4) is 0 Å². The summed E-state index contributed by atoms with van der Waals surface area (Å²) in [5.74, 6) is -1.54. The molecule has 1 aromatic rings. The van der Waals surface area contributed by atoms with E-state index in [1.54, 1.807) is 6.07 Å². The summed E-state index contributed by atoms with van der Waals surface area (Å²) in [5, 5.41) is 20.1. The van der Waals surface area contributed by atoms with E-state index in [9.17, 15) is 9.90 Å². The molecule has 0 fully saturated rings. The maximum Gasteiger partial charge on any atom is 1.00 e. The first kappa shape index (κ1) is 16.5. The average molecular weight is 244 g/mol. The van der Waals surface area contributed by atoms with Crippen LogP contribution < -0.4 is 34.7 Å². The summed E-state index contributed by atoms with van der Waals surface area (Å²) < 4.78 is 0. The maximum atomic E-state index is 11.4. The van der Waals surface area contributed by atoms with Crippen molar-refractivity contribution in [3.63, 3.8) is 0 Å². The van der Waals surface area contributed by atoms with Crippen LogP contribution in [0.25, 0.3) is 0 Å². The van der Waals surface area contributed by atoms with E-state index in [1.807, 2.05) is 0 Å². The zero-order valence-corrected chi connectivity index (χ0v) is 12.5. The Balaban J connectivity index is 0.00000256. The number of carboxylic acids is 1. The number of carboxylic acid groups (broad SMARTS) is 1. The Labute approximate surface area is 124 Å². The van der Waals surface area contributed by atoms with Crippen molar-refractivity contribution in [2.45, 2.75) is 39.0 Å². The summed E-state index contributed by atoms with van der Waals surface area (Å²) in [4.78, 5) is 10.6. The molecule has 0 aliphatic rings. The fraction of sp³-hybridized carbons (Fsp3) is 0.462. The Morgan fingerprint density at radius 2 is 2.00 bits per heavy atom. The number of rotatable bonds is 6. The van der Waals surface area contributed by atoms with Crippen molar-refractivity contribution in [3.8, 4) is 5.75 Å². The molecular formula is C13H17NaO3. The van der Waals surface area contributed by atoms with Crippen molar-refractivity contribution >= 4 is 5.97 Å². The van der Waals surface area contributed by atoms with Gasteiger partial charge in [-0.2, -0.15) is 0 Å². The molecule has 0 saturated heterocycles. The van der Waals surface area contributed by atoms with Gasteiger partial charge < -0.3 is 10.2 Å². The summed E-state index contributed by atoms with van der Waals surface area (Å²) >= 11 is 0. The van der Waals surface area contributed by atoms with Crippen LogP contribution in [0.5, 0.6) is 5.75 Å². The fourth-order valence-electron chi connectivity index (χ4n) is 1.65. The van der Waals surface area contributed by atoms with Gasteiger partial charge in [0.05, 0.1) is 5.56 Å². The molecule has 0 saturated carbocycles. The molecule has 0 atom stereocenters. The molecule has 0 aliphatic carbocycles. The Kier molecular flexibility index (Phi) is 8.30. The second kappa shape index (κ2) is 8.56. The maximum absolute atomic E-state index is 11.4. The van der Waals surface area contributed by atoms with Crippen molar-refractivity contribution in [1.82, 2.24) is 0 Å². The third-order valence-electron chi connectivity index (χ3n) is 2.60. The fourth-order valence-corrected chi connectivity index (χ4v) is 1.65. The average Bonchev–Trinajstić information content (AvgIpc) is 2.24. The van der Waals surface area contributed by atoms with Gasteiger partial charge in [0.1, 0.15) is 0 Å². The van der Waals surface area contributed by atoms with E-state index in [0.717, 1.165) is 24.8 Å². The summed E-state index contributed by atoms with van der Waals surface area (Å²) in [5.41, 5.74) is 0.795.